The molecule has 0 fully saturated rings. The molecule has 2 aromatic heterocycles. The van der Waals surface area contributed by atoms with Crippen LogP contribution >= 0.6 is 0 Å². The van der Waals surface area contributed by atoms with E-state index in [1.807, 2.05) is 0 Å². The molecule has 0 bridgehead atoms. The number of para-hydroxylation sites is 1. The van der Waals surface area contributed by atoms with Gasteiger partial charge in [-0.15, -0.1) is 0 Å². The fourth-order valence-electron chi connectivity index (χ4n) is 2.19. The van der Waals surface area contributed by atoms with Crippen LogP contribution in [0, 0.1) is 0 Å². The molecule has 0 aliphatic rings. The third-order valence-corrected chi connectivity index (χ3v) is 3.44. The molecule has 1 aromatic carbocycles. The van der Waals surface area contributed by atoms with Crippen molar-refractivity contribution in [1.29, 1.82) is 0 Å². The van der Waals surface area contributed by atoms with Crippen LogP contribution < -0.4 is 10.1 Å². The van der Waals surface area contributed by atoms with Crippen molar-refractivity contribution >= 4 is 17.5 Å². The number of methoxy groups -OCH3 is 1. The second kappa shape index (κ2) is 7.91. The van der Waals surface area contributed by atoms with Crippen LogP contribution in [-0.2, 0) is 10.7 Å². The van der Waals surface area contributed by atoms with Crippen LogP contribution in [0.5, 0.6) is 11.6 Å². The number of esters is 1. The molecule has 0 atom stereocenters. The molecule has 0 aliphatic heterocycles. The van der Waals surface area contributed by atoms with Gasteiger partial charge in [0.1, 0.15) is 12.1 Å². The van der Waals surface area contributed by atoms with Gasteiger partial charge in [-0.2, -0.15) is 13.8 Å². The number of hydrogen-bond acceptors (Lipinski definition) is 8. The molecule has 3 rings (SSSR count). The van der Waals surface area contributed by atoms with Gasteiger partial charge in [0, 0.05) is 6.92 Å². The molecule has 144 valence electrons. The molecule has 0 spiro atoms. The number of benzene rings is 1. The quantitative estimate of drug-likeness (QED) is 0.639. The smallest absolute Gasteiger partial charge is 0.347 e. The van der Waals surface area contributed by atoms with Crippen molar-refractivity contribution in [2.75, 3.05) is 12.4 Å². The van der Waals surface area contributed by atoms with Gasteiger partial charge in [-0.05, 0) is 12.1 Å². The minimum atomic E-state index is -3.38. The van der Waals surface area contributed by atoms with E-state index < -0.39 is 17.7 Å². The second-order valence-electron chi connectivity index (χ2n) is 5.62. The van der Waals surface area contributed by atoms with Crippen LogP contribution in [0.15, 0.2) is 49.1 Å². The minimum Gasteiger partial charge on any atom is -0.465 e. The number of aromatic nitrogens is 4. The van der Waals surface area contributed by atoms with Gasteiger partial charge < -0.3 is 14.8 Å². The van der Waals surface area contributed by atoms with Crippen molar-refractivity contribution < 1.29 is 23.0 Å². The highest BCUT2D eigenvalue weighted by molar-refractivity contribution is 5.97. The number of halogens is 2. The van der Waals surface area contributed by atoms with E-state index in [4.69, 9.17) is 9.47 Å². The first-order valence-electron chi connectivity index (χ1n) is 8.02. The predicted octanol–water partition coefficient (Wildman–Crippen LogP) is 3.70. The summed E-state index contributed by atoms with van der Waals surface area (Å²) in [6.07, 6.45) is 4.07. The molecular formula is C18H15F2N5O3. The van der Waals surface area contributed by atoms with E-state index in [2.05, 4.69) is 25.3 Å². The first-order valence-corrected chi connectivity index (χ1v) is 8.02. The van der Waals surface area contributed by atoms with Gasteiger partial charge in [-0.1, -0.05) is 18.2 Å². The highest BCUT2D eigenvalue weighted by Crippen LogP contribution is 2.34. The predicted molar refractivity (Wildman–Crippen MR) is 94.8 cm³/mol. The topological polar surface area (TPSA) is 99.1 Å². The number of nitrogens with one attached hydrogen (secondary N) is 1. The second-order valence-corrected chi connectivity index (χ2v) is 5.62. The Bertz CT molecular complexity index is 903. The number of hydrogen-bond donors (Lipinski definition) is 1. The summed E-state index contributed by atoms with van der Waals surface area (Å²) in [7, 11) is 1.15. The molecule has 10 heteroatoms. The number of ether oxygens (including phenoxy) is 2. The van der Waals surface area contributed by atoms with E-state index in [0.717, 1.165) is 7.11 Å². The Labute approximate surface area is 158 Å². The molecule has 28 heavy (non-hydrogen) atoms. The molecule has 0 saturated heterocycles. The van der Waals surface area contributed by atoms with E-state index in [1.54, 1.807) is 30.3 Å². The lowest BCUT2D eigenvalue weighted by Gasteiger charge is -2.17. The number of carbonyl (C=O) groups is 1. The summed E-state index contributed by atoms with van der Waals surface area (Å²) in [6.45, 7) is 0.641. The van der Waals surface area contributed by atoms with Crippen LogP contribution in [0.4, 0.5) is 20.3 Å². The van der Waals surface area contributed by atoms with E-state index in [9.17, 15) is 13.6 Å². The molecule has 0 amide bonds. The zero-order valence-electron chi connectivity index (χ0n) is 14.9. The molecule has 0 radical (unpaired) electrons. The van der Waals surface area contributed by atoms with Gasteiger partial charge in [0.2, 0.25) is 11.7 Å². The summed E-state index contributed by atoms with van der Waals surface area (Å²) >= 11 is 0. The lowest BCUT2D eigenvalue weighted by atomic mass is 10.2. The van der Waals surface area contributed by atoms with Crippen molar-refractivity contribution in [3.63, 3.8) is 0 Å². The maximum atomic E-state index is 14.0. The first kappa shape index (κ1) is 19.1. The molecule has 2 heterocycles. The zero-order chi connectivity index (χ0) is 20.1. The molecule has 0 saturated carbocycles. The third-order valence-electron chi connectivity index (χ3n) is 3.44. The summed E-state index contributed by atoms with van der Waals surface area (Å²) in [5.74, 6) is -5.37. The van der Waals surface area contributed by atoms with Gasteiger partial charge in [-0.25, -0.2) is 19.7 Å². The minimum absolute atomic E-state index is 0.223. The molecular weight excluding hydrogens is 372 g/mol. The van der Waals surface area contributed by atoms with Crippen LogP contribution in [0.2, 0.25) is 0 Å². The Balaban J connectivity index is 2.17. The van der Waals surface area contributed by atoms with Crippen molar-refractivity contribution in [3.8, 4) is 11.6 Å². The molecule has 0 unspecified atom stereocenters. The monoisotopic (exact) mass is 387 g/mol. The van der Waals surface area contributed by atoms with E-state index in [0.29, 0.717) is 18.4 Å². The normalized spacial score (nSPS) is 11.0. The van der Waals surface area contributed by atoms with Gasteiger partial charge >= 0.3 is 11.9 Å². The van der Waals surface area contributed by atoms with Gasteiger partial charge in [0.05, 0.1) is 25.2 Å². The third kappa shape index (κ3) is 4.34. The Kier molecular flexibility index (Phi) is 5.39. The zero-order valence-corrected chi connectivity index (χ0v) is 14.9. The van der Waals surface area contributed by atoms with Gasteiger partial charge in [0.15, 0.2) is 11.4 Å². The Morgan fingerprint density at radius 3 is 2.39 bits per heavy atom. The summed E-state index contributed by atoms with van der Waals surface area (Å²) in [5, 5.41) is 2.74. The number of alkyl halides is 2. The van der Waals surface area contributed by atoms with Crippen molar-refractivity contribution in [3.05, 3.63) is 60.4 Å². The maximum absolute atomic E-state index is 14.0. The van der Waals surface area contributed by atoms with Crippen molar-refractivity contribution in [2.24, 2.45) is 0 Å². The van der Waals surface area contributed by atoms with Crippen LogP contribution in [0.3, 0.4) is 0 Å². The van der Waals surface area contributed by atoms with Gasteiger partial charge in [0.25, 0.3) is 0 Å². The number of rotatable bonds is 6. The van der Waals surface area contributed by atoms with Crippen molar-refractivity contribution in [1.82, 2.24) is 19.9 Å². The average molecular weight is 387 g/mol. The average Bonchev–Trinajstić information content (AvgIpc) is 2.68. The lowest BCUT2D eigenvalue weighted by molar-refractivity contribution is 0.00715. The highest BCUT2D eigenvalue weighted by atomic mass is 19.3. The van der Waals surface area contributed by atoms with E-state index in [1.165, 1.54) is 18.7 Å². The maximum Gasteiger partial charge on any atom is 0.347 e. The summed E-state index contributed by atoms with van der Waals surface area (Å²) in [5.41, 5.74) is 0.0746. The Morgan fingerprint density at radius 1 is 1.11 bits per heavy atom. The standard InChI is InChI=1S/C18H15F2N5O3/c1-18(19,20)17-24-14(23-11-8-21-10-22-9-11)13(16(26)27-2)15(25-17)28-12-6-4-3-5-7-12/h3-10H,1-2H3,(H,23,24,25). The highest BCUT2D eigenvalue weighted by Gasteiger charge is 2.33. The van der Waals surface area contributed by atoms with Crippen molar-refractivity contribution in [2.45, 2.75) is 12.8 Å². The molecule has 1 N–H and O–H groups in total. The van der Waals surface area contributed by atoms with Crippen LogP contribution in [-0.4, -0.2) is 33.0 Å². The lowest BCUT2D eigenvalue weighted by Crippen LogP contribution is -2.18. The van der Waals surface area contributed by atoms with E-state index in [-0.39, 0.29) is 17.3 Å². The fourth-order valence-corrected chi connectivity index (χ4v) is 2.19. The number of nitrogens with zero attached hydrogens (tertiary/aromatic N) is 4. The Morgan fingerprint density at radius 2 is 1.79 bits per heavy atom. The summed E-state index contributed by atoms with van der Waals surface area (Å²) < 4.78 is 38.3. The number of carbonyl (C=O) groups excluding carboxylic acids is 1. The summed E-state index contributed by atoms with van der Waals surface area (Å²) in [6, 6.07) is 8.30. The SMILES string of the molecule is COC(=O)c1c(Nc2cncnc2)nc(C(C)(F)F)nc1Oc1ccccc1. The largest absolute Gasteiger partial charge is 0.465 e. The fraction of sp³-hybridized carbons (Fsp3) is 0.167. The molecule has 0 aliphatic carbocycles. The molecule has 8 nitrogen and oxygen atoms in total. The summed E-state index contributed by atoms with van der Waals surface area (Å²) in [4.78, 5) is 27.6. The van der Waals surface area contributed by atoms with Gasteiger partial charge in [-0.3, -0.25) is 0 Å². The van der Waals surface area contributed by atoms with Crippen LogP contribution in [0.1, 0.15) is 23.1 Å². The Hall–Kier alpha value is -3.69. The molecule has 3 aromatic rings. The number of anilines is 2. The first-order chi connectivity index (χ1) is 13.4. The van der Waals surface area contributed by atoms with E-state index >= 15 is 0 Å². The van der Waals surface area contributed by atoms with Crippen LogP contribution in [0.25, 0.3) is 0 Å².